The fraction of sp³-hybridized carbons (Fsp3) is 0.909. The van der Waals surface area contributed by atoms with E-state index in [1.165, 1.54) is 6.92 Å². The van der Waals surface area contributed by atoms with Gasteiger partial charge in [0.1, 0.15) is 18.2 Å². The summed E-state index contributed by atoms with van der Waals surface area (Å²) < 4.78 is 16.1. The molecule has 1 saturated heterocycles. The number of carbonyl (C=O) groups is 1. The van der Waals surface area contributed by atoms with Crippen LogP contribution in [0.2, 0.25) is 0 Å². The summed E-state index contributed by atoms with van der Waals surface area (Å²) >= 11 is 0. The van der Waals surface area contributed by atoms with Gasteiger partial charge in [0.05, 0.1) is 19.8 Å². The van der Waals surface area contributed by atoms with Crippen molar-refractivity contribution in [3.8, 4) is 0 Å². The van der Waals surface area contributed by atoms with Crippen molar-refractivity contribution in [1.82, 2.24) is 5.32 Å². The minimum Gasteiger partial charge on any atom is -0.394 e. The number of hydrogen-bond acceptors (Lipinski definition) is 6. The van der Waals surface area contributed by atoms with Crippen molar-refractivity contribution >= 4 is 5.91 Å². The maximum Gasteiger partial charge on any atom is 0.217 e. The zero-order chi connectivity index (χ0) is 13.5. The van der Waals surface area contributed by atoms with Crippen LogP contribution in [0.3, 0.4) is 0 Å². The highest BCUT2D eigenvalue weighted by atomic mass is 16.7. The van der Waals surface area contributed by atoms with E-state index in [1.54, 1.807) is 0 Å². The predicted molar refractivity (Wildman–Crippen MR) is 61.8 cm³/mol. The van der Waals surface area contributed by atoms with E-state index < -0.39 is 25.0 Å². The van der Waals surface area contributed by atoms with Gasteiger partial charge >= 0.3 is 0 Å². The number of carbonyl (C=O) groups excluding carboxylic acids is 1. The summed E-state index contributed by atoms with van der Waals surface area (Å²) in [5, 5.41) is 21.1. The number of amides is 1. The van der Waals surface area contributed by atoms with Gasteiger partial charge in [0, 0.05) is 13.5 Å². The van der Waals surface area contributed by atoms with E-state index in [1.807, 2.05) is 6.92 Å². The lowest BCUT2D eigenvalue weighted by Crippen LogP contribution is -2.52. The molecule has 0 aromatic rings. The third-order valence-electron chi connectivity index (χ3n) is 2.55. The third kappa shape index (κ3) is 4.51. The van der Waals surface area contributed by atoms with E-state index >= 15 is 0 Å². The number of aliphatic hydroxyl groups is 2. The molecule has 7 heteroatoms. The highest BCUT2D eigenvalue weighted by Gasteiger charge is 2.37. The number of ether oxygens (including phenoxy) is 3. The lowest BCUT2D eigenvalue weighted by atomic mass is 10.1. The Morgan fingerprint density at radius 2 is 2.33 bits per heavy atom. The Morgan fingerprint density at radius 1 is 1.61 bits per heavy atom. The van der Waals surface area contributed by atoms with Crippen LogP contribution in [-0.2, 0) is 19.0 Å². The molecule has 0 aromatic carbocycles. The summed E-state index contributed by atoms with van der Waals surface area (Å²) in [4.78, 5) is 11.0. The van der Waals surface area contributed by atoms with Crippen LogP contribution < -0.4 is 5.32 Å². The Labute approximate surface area is 106 Å². The first-order valence-corrected chi connectivity index (χ1v) is 5.99. The van der Waals surface area contributed by atoms with Gasteiger partial charge in [-0.2, -0.15) is 0 Å². The smallest absolute Gasteiger partial charge is 0.217 e. The van der Waals surface area contributed by atoms with Crippen molar-refractivity contribution in [2.45, 2.75) is 38.4 Å². The Kier molecular flexibility index (Phi) is 6.51. The van der Waals surface area contributed by atoms with E-state index in [2.05, 4.69) is 5.32 Å². The van der Waals surface area contributed by atoms with E-state index in [-0.39, 0.29) is 12.0 Å². The molecule has 0 radical (unpaired) electrons. The minimum absolute atomic E-state index is 0.225. The van der Waals surface area contributed by atoms with Crippen LogP contribution in [0.1, 0.15) is 13.8 Å². The molecule has 18 heavy (non-hydrogen) atoms. The topological polar surface area (TPSA) is 97.3 Å². The van der Waals surface area contributed by atoms with Crippen LogP contribution in [-0.4, -0.2) is 67.1 Å². The molecule has 1 amide bonds. The molecule has 4 atom stereocenters. The van der Waals surface area contributed by atoms with Gasteiger partial charge in [-0.15, -0.1) is 0 Å². The van der Waals surface area contributed by atoms with Gasteiger partial charge in [-0.05, 0) is 6.92 Å². The van der Waals surface area contributed by atoms with Crippen molar-refractivity contribution in [2.75, 3.05) is 26.4 Å². The standard InChI is InChI=1S/C11H21NO6/c1-3-16-5-8-6-17-11(18-8)10(9(15)4-13)12-7(2)14/h8-11,13,15H,3-6H2,1-2H3,(H,12,14). The number of rotatable bonds is 7. The monoisotopic (exact) mass is 263 g/mol. The van der Waals surface area contributed by atoms with Crippen LogP contribution in [0, 0.1) is 0 Å². The Balaban J connectivity index is 2.51. The van der Waals surface area contributed by atoms with Crippen molar-refractivity contribution in [3.05, 3.63) is 0 Å². The van der Waals surface area contributed by atoms with Crippen LogP contribution in [0.4, 0.5) is 0 Å². The Morgan fingerprint density at radius 3 is 2.89 bits per heavy atom. The third-order valence-corrected chi connectivity index (χ3v) is 2.55. The average Bonchev–Trinajstić information content (AvgIpc) is 2.80. The molecule has 0 saturated carbocycles. The SMILES string of the molecule is CCOCC1COC(C(NC(C)=O)C(O)CO)O1. The first-order chi connectivity index (χ1) is 8.58. The largest absolute Gasteiger partial charge is 0.394 e. The summed E-state index contributed by atoms with van der Waals surface area (Å²) in [7, 11) is 0. The van der Waals surface area contributed by atoms with E-state index in [0.29, 0.717) is 19.8 Å². The molecule has 1 rings (SSSR count). The molecule has 3 N–H and O–H groups in total. The van der Waals surface area contributed by atoms with Crippen LogP contribution in [0.25, 0.3) is 0 Å². The average molecular weight is 263 g/mol. The Hall–Kier alpha value is -0.730. The fourth-order valence-corrected chi connectivity index (χ4v) is 1.69. The zero-order valence-corrected chi connectivity index (χ0v) is 10.7. The zero-order valence-electron chi connectivity index (χ0n) is 10.7. The molecule has 1 aliphatic rings. The van der Waals surface area contributed by atoms with E-state index in [4.69, 9.17) is 19.3 Å². The maximum atomic E-state index is 11.0. The molecule has 7 nitrogen and oxygen atoms in total. The maximum absolute atomic E-state index is 11.0. The number of aliphatic hydroxyl groups excluding tert-OH is 2. The molecule has 1 aliphatic heterocycles. The fourth-order valence-electron chi connectivity index (χ4n) is 1.69. The molecule has 0 spiro atoms. The molecule has 4 unspecified atom stereocenters. The first-order valence-electron chi connectivity index (χ1n) is 5.99. The summed E-state index contributed by atoms with van der Waals surface area (Å²) in [5.74, 6) is -0.326. The summed E-state index contributed by atoms with van der Waals surface area (Å²) in [6.07, 6.45) is -2.14. The lowest BCUT2D eigenvalue weighted by molar-refractivity contribution is -0.137. The molecule has 1 heterocycles. The van der Waals surface area contributed by atoms with Gasteiger partial charge in [-0.1, -0.05) is 0 Å². The Bertz CT molecular complexity index is 262. The lowest BCUT2D eigenvalue weighted by Gasteiger charge is -2.26. The van der Waals surface area contributed by atoms with Crippen molar-refractivity contribution < 1.29 is 29.2 Å². The summed E-state index contributed by atoms with van der Waals surface area (Å²) in [5.41, 5.74) is 0. The van der Waals surface area contributed by atoms with Crippen LogP contribution in [0.5, 0.6) is 0 Å². The summed E-state index contributed by atoms with van der Waals surface area (Å²) in [6.45, 7) is 4.03. The highest BCUT2D eigenvalue weighted by Crippen LogP contribution is 2.17. The second-order valence-corrected chi connectivity index (χ2v) is 4.10. The normalized spacial score (nSPS) is 26.9. The van der Waals surface area contributed by atoms with Gasteiger partial charge < -0.3 is 29.7 Å². The molecule has 106 valence electrons. The highest BCUT2D eigenvalue weighted by molar-refractivity contribution is 5.73. The molecule has 1 fully saturated rings. The molecule has 0 aliphatic carbocycles. The number of nitrogens with one attached hydrogen (secondary N) is 1. The van der Waals surface area contributed by atoms with E-state index in [9.17, 15) is 9.90 Å². The van der Waals surface area contributed by atoms with Crippen molar-refractivity contribution in [2.24, 2.45) is 0 Å². The van der Waals surface area contributed by atoms with Crippen molar-refractivity contribution in [1.29, 1.82) is 0 Å². The van der Waals surface area contributed by atoms with Gasteiger partial charge in [0.25, 0.3) is 0 Å². The van der Waals surface area contributed by atoms with Gasteiger partial charge in [0.15, 0.2) is 6.29 Å². The van der Waals surface area contributed by atoms with Gasteiger partial charge in [0.2, 0.25) is 5.91 Å². The molecule has 0 bridgehead atoms. The second-order valence-electron chi connectivity index (χ2n) is 4.10. The molecular formula is C11H21NO6. The second kappa shape index (κ2) is 7.65. The van der Waals surface area contributed by atoms with Crippen molar-refractivity contribution in [3.63, 3.8) is 0 Å². The van der Waals surface area contributed by atoms with E-state index in [0.717, 1.165) is 0 Å². The predicted octanol–water partition coefficient (Wildman–Crippen LogP) is -1.38. The molecule has 0 aromatic heterocycles. The number of hydrogen-bond donors (Lipinski definition) is 3. The molecular weight excluding hydrogens is 242 g/mol. The van der Waals surface area contributed by atoms with Gasteiger partial charge in [-0.3, -0.25) is 4.79 Å². The summed E-state index contributed by atoms with van der Waals surface area (Å²) in [6, 6.07) is -0.792. The van der Waals surface area contributed by atoms with Crippen LogP contribution in [0.15, 0.2) is 0 Å². The first kappa shape index (κ1) is 15.3. The quantitative estimate of drug-likeness (QED) is 0.524. The van der Waals surface area contributed by atoms with Gasteiger partial charge in [-0.25, -0.2) is 0 Å². The minimum atomic E-state index is -1.13. The van der Waals surface area contributed by atoms with Crippen LogP contribution >= 0.6 is 0 Å².